The summed E-state index contributed by atoms with van der Waals surface area (Å²) in [5.74, 6) is -0.0746. The van der Waals surface area contributed by atoms with E-state index in [1.54, 1.807) is 20.8 Å². The molecule has 0 bridgehead atoms. The number of aromatic hydroxyl groups is 1. The number of amides is 1. The predicted molar refractivity (Wildman–Crippen MR) is 75.5 cm³/mol. The Kier molecular flexibility index (Phi) is 5.33. The van der Waals surface area contributed by atoms with Gasteiger partial charge >= 0.3 is 6.09 Å². The Morgan fingerprint density at radius 3 is 2.70 bits per heavy atom. The number of carbonyl (C=O) groups is 1. The van der Waals surface area contributed by atoms with Crippen LogP contribution in [0.1, 0.15) is 38.9 Å². The topological polar surface area (TPSA) is 84.6 Å². The van der Waals surface area contributed by atoms with E-state index in [1.807, 2.05) is 0 Å². The van der Waals surface area contributed by atoms with Crippen LogP contribution >= 0.6 is 0 Å². The summed E-state index contributed by atoms with van der Waals surface area (Å²) in [6, 6.07) is 4.07. The molecule has 0 aliphatic heterocycles. The average Bonchev–Trinajstić information content (AvgIpc) is 2.29. The molecular formula is C14H21FN2O3. The van der Waals surface area contributed by atoms with Crippen LogP contribution in [-0.2, 0) is 4.74 Å². The summed E-state index contributed by atoms with van der Waals surface area (Å²) in [6.07, 6.45) is -1.94. The fourth-order valence-electron chi connectivity index (χ4n) is 1.64. The molecule has 112 valence electrons. The third-order valence-corrected chi connectivity index (χ3v) is 2.43. The molecule has 1 rings (SSSR count). The van der Waals surface area contributed by atoms with Crippen LogP contribution in [0.5, 0.6) is 5.75 Å². The van der Waals surface area contributed by atoms with Gasteiger partial charge in [0.25, 0.3) is 0 Å². The number of anilines is 1. The van der Waals surface area contributed by atoms with E-state index >= 15 is 0 Å². The number of alkyl halides is 1. The molecule has 1 unspecified atom stereocenters. The van der Waals surface area contributed by atoms with Crippen LogP contribution in [0.25, 0.3) is 0 Å². The predicted octanol–water partition coefficient (Wildman–Crippen LogP) is 3.10. The first-order valence-electron chi connectivity index (χ1n) is 6.40. The van der Waals surface area contributed by atoms with Gasteiger partial charge in [0.15, 0.2) is 0 Å². The summed E-state index contributed by atoms with van der Waals surface area (Å²) in [6.45, 7) is 5.37. The molecule has 1 amide bonds. The van der Waals surface area contributed by atoms with Crippen LogP contribution in [0.15, 0.2) is 18.2 Å². The monoisotopic (exact) mass is 284 g/mol. The average molecular weight is 284 g/mol. The number of phenols is 1. The summed E-state index contributed by atoms with van der Waals surface area (Å²) in [7, 11) is 0. The van der Waals surface area contributed by atoms with Crippen LogP contribution in [-0.4, -0.2) is 23.3 Å². The molecule has 1 aromatic carbocycles. The number of nitrogens with one attached hydrogen (secondary N) is 1. The van der Waals surface area contributed by atoms with Crippen molar-refractivity contribution in [2.24, 2.45) is 5.73 Å². The van der Waals surface area contributed by atoms with Crippen molar-refractivity contribution in [3.63, 3.8) is 0 Å². The fraction of sp³-hybridized carbons (Fsp3) is 0.500. The number of halogens is 1. The lowest BCUT2D eigenvalue weighted by atomic mass is 10.1. The summed E-state index contributed by atoms with van der Waals surface area (Å²) < 4.78 is 19.1. The van der Waals surface area contributed by atoms with Gasteiger partial charge in [-0.15, -0.1) is 0 Å². The van der Waals surface area contributed by atoms with Gasteiger partial charge < -0.3 is 15.6 Å². The van der Waals surface area contributed by atoms with Crippen molar-refractivity contribution >= 4 is 11.8 Å². The molecule has 0 aromatic heterocycles. The molecule has 6 heteroatoms. The number of benzene rings is 1. The molecule has 0 aliphatic carbocycles. The molecule has 20 heavy (non-hydrogen) atoms. The molecule has 0 saturated heterocycles. The highest BCUT2D eigenvalue weighted by atomic mass is 19.1. The Labute approximate surface area is 117 Å². The number of rotatable bonds is 4. The van der Waals surface area contributed by atoms with Gasteiger partial charge in [0.05, 0.1) is 5.69 Å². The van der Waals surface area contributed by atoms with Gasteiger partial charge in [0, 0.05) is 5.56 Å². The van der Waals surface area contributed by atoms with Crippen LogP contribution < -0.4 is 11.1 Å². The van der Waals surface area contributed by atoms with E-state index in [9.17, 15) is 14.3 Å². The van der Waals surface area contributed by atoms with E-state index in [1.165, 1.54) is 18.2 Å². The van der Waals surface area contributed by atoms with Crippen molar-refractivity contribution < 1.29 is 19.0 Å². The van der Waals surface area contributed by atoms with Crippen LogP contribution in [0.3, 0.4) is 0 Å². The standard InChI is InChI=1S/C14H21FN2O3/c1-14(2,3)20-13(19)17-12-5-4-9(18)8-10(12)11(15)6-7-16/h4-5,8,11,18H,6-7,16H2,1-3H3,(H,17,19). The fourth-order valence-corrected chi connectivity index (χ4v) is 1.64. The van der Waals surface area contributed by atoms with E-state index in [0.29, 0.717) is 0 Å². The third kappa shape index (κ3) is 5.05. The summed E-state index contributed by atoms with van der Waals surface area (Å²) in [5.41, 5.74) is 5.12. The highest BCUT2D eigenvalue weighted by Gasteiger charge is 2.20. The number of nitrogens with two attached hydrogens (primary N) is 1. The largest absolute Gasteiger partial charge is 0.508 e. The smallest absolute Gasteiger partial charge is 0.412 e. The lowest BCUT2D eigenvalue weighted by molar-refractivity contribution is 0.0635. The zero-order valence-electron chi connectivity index (χ0n) is 11.9. The molecule has 1 atom stereocenters. The highest BCUT2D eigenvalue weighted by Crippen LogP contribution is 2.31. The zero-order valence-corrected chi connectivity index (χ0v) is 11.9. The summed E-state index contributed by atoms with van der Waals surface area (Å²) >= 11 is 0. The molecule has 4 N–H and O–H groups in total. The highest BCUT2D eigenvalue weighted by molar-refractivity contribution is 5.86. The molecule has 0 aliphatic rings. The summed E-state index contributed by atoms with van der Waals surface area (Å²) in [5, 5.41) is 11.9. The lowest BCUT2D eigenvalue weighted by Gasteiger charge is -2.21. The number of carbonyl (C=O) groups excluding carboxylic acids is 1. The third-order valence-electron chi connectivity index (χ3n) is 2.43. The van der Waals surface area contributed by atoms with Crippen LogP contribution in [0, 0.1) is 0 Å². The number of ether oxygens (including phenoxy) is 1. The van der Waals surface area contributed by atoms with Crippen molar-refractivity contribution in [2.75, 3.05) is 11.9 Å². The van der Waals surface area contributed by atoms with Crippen molar-refractivity contribution in [1.29, 1.82) is 0 Å². The molecular weight excluding hydrogens is 263 g/mol. The minimum atomic E-state index is -1.36. The second-order valence-electron chi connectivity index (χ2n) is 5.44. The first-order chi connectivity index (χ1) is 9.23. The first-order valence-corrected chi connectivity index (χ1v) is 6.40. The Morgan fingerprint density at radius 2 is 2.15 bits per heavy atom. The first kappa shape index (κ1) is 16.2. The van der Waals surface area contributed by atoms with E-state index in [2.05, 4.69) is 5.32 Å². The van der Waals surface area contributed by atoms with Crippen molar-refractivity contribution in [2.45, 2.75) is 39.0 Å². The SMILES string of the molecule is CC(C)(C)OC(=O)Nc1ccc(O)cc1C(F)CCN. The quantitative estimate of drug-likeness (QED) is 0.742. The molecule has 0 heterocycles. The van der Waals surface area contributed by atoms with E-state index in [-0.39, 0.29) is 30.0 Å². The van der Waals surface area contributed by atoms with Gasteiger partial charge in [-0.25, -0.2) is 9.18 Å². The van der Waals surface area contributed by atoms with Gasteiger partial charge in [-0.2, -0.15) is 0 Å². The maximum atomic E-state index is 14.0. The van der Waals surface area contributed by atoms with Crippen molar-refractivity contribution in [1.82, 2.24) is 0 Å². The zero-order chi connectivity index (χ0) is 15.3. The molecule has 1 aromatic rings. The number of phenolic OH excluding ortho intramolecular Hbond substituents is 1. The normalized spacial score (nSPS) is 12.8. The lowest BCUT2D eigenvalue weighted by Crippen LogP contribution is -2.27. The van der Waals surface area contributed by atoms with Gasteiger partial charge in [-0.05, 0) is 51.9 Å². The molecule has 0 radical (unpaired) electrons. The maximum Gasteiger partial charge on any atom is 0.412 e. The van der Waals surface area contributed by atoms with Crippen molar-refractivity contribution in [3.05, 3.63) is 23.8 Å². The molecule has 0 spiro atoms. The van der Waals surface area contributed by atoms with Crippen LogP contribution in [0.2, 0.25) is 0 Å². The second-order valence-corrected chi connectivity index (χ2v) is 5.44. The maximum absolute atomic E-state index is 14.0. The van der Waals surface area contributed by atoms with Gasteiger partial charge in [-0.3, -0.25) is 5.32 Å². The van der Waals surface area contributed by atoms with E-state index < -0.39 is 17.9 Å². The van der Waals surface area contributed by atoms with Gasteiger partial charge in [-0.1, -0.05) is 0 Å². The number of hydrogen-bond acceptors (Lipinski definition) is 4. The molecule has 5 nitrogen and oxygen atoms in total. The Bertz CT molecular complexity index is 472. The molecule has 0 saturated carbocycles. The van der Waals surface area contributed by atoms with E-state index in [0.717, 1.165) is 0 Å². The van der Waals surface area contributed by atoms with Crippen molar-refractivity contribution in [3.8, 4) is 5.75 Å². The minimum absolute atomic E-state index is 0.0746. The Hall–Kier alpha value is -1.82. The Morgan fingerprint density at radius 1 is 1.50 bits per heavy atom. The van der Waals surface area contributed by atoms with E-state index in [4.69, 9.17) is 10.5 Å². The second kappa shape index (κ2) is 6.56. The Balaban J connectivity index is 2.91. The van der Waals surface area contributed by atoms with Gasteiger partial charge in [0.2, 0.25) is 0 Å². The van der Waals surface area contributed by atoms with Crippen LogP contribution in [0.4, 0.5) is 14.9 Å². The number of hydrogen-bond donors (Lipinski definition) is 3. The minimum Gasteiger partial charge on any atom is -0.508 e. The molecule has 0 fully saturated rings. The van der Waals surface area contributed by atoms with Gasteiger partial charge in [0.1, 0.15) is 17.5 Å². The summed E-state index contributed by atoms with van der Waals surface area (Å²) in [4.78, 5) is 11.7.